The number of aryl methyl sites for hydroxylation is 1. The number of primary amides is 1. The fourth-order valence-corrected chi connectivity index (χ4v) is 4.65. The van der Waals surface area contributed by atoms with Crippen LogP contribution in [0.1, 0.15) is 60.9 Å². The molecule has 3 heterocycles. The number of carbonyl (C=O) groups is 2. The van der Waals surface area contributed by atoms with Crippen molar-refractivity contribution >= 4 is 22.6 Å². The first-order chi connectivity index (χ1) is 16.1. The van der Waals surface area contributed by atoms with E-state index in [-0.39, 0.29) is 17.3 Å². The molecular weight excluding hydrogens is 428 g/mol. The highest BCUT2D eigenvalue weighted by Crippen LogP contribution is 2.33. The minimum absolute atomic E-state index is 0.0221. The summed E-state index contributed by atoms with van der Waals surface area (Å²) in [5.41, 5.74) is 7.77. The average Bonchev–Trinajstić information content (AvgIpc) is 3.26. The number of benzene rings is 1. The number of hydrogen-bond donors (Lipinski definition) is 2. The van der Waals surface area contributed by atoms with Gasteiger partial charge in [0.1, 0.15) is 0 Å². The summed E-state index contributed by atoms with van der Waals surface area (Å²) in [5.74, 6) is -0.940. The Hall–Kier alpha value is -4.00. The van der Waals surface area contributed by atoms with Gasteiger partial charge in [0.05, 0.1) is 23.0 Å². The highest BCUT2D eigenvalue weighted by atomic mass is 16.2. The lowest BCUT2D eigenvalue weighted by Crippen LogP contribution is -2.51. The topological polar surface area (TPSA) is 111 Å². The SMILES string of the molecule is CC(=O)c1c(-c2ccccc2C(C)C)cc(C)n(C(C)(C(N)=O)c2cc3cc[nH]c3cn2)c1=O. The zero-order valence-corrected chi connectivity index (χ0v) is 20.0. The minimum atomic E-state index is -1.60. The lowest BCUT2D eigenvalue weighted by Gasteiger charge is -2.31. The Labute approximate surface area is 197 Å². The number of nitrogens with zero attached hydrogens (tertiary/aromatic N) is 2. The number of H-pyrrole nitrogens is 1. The molecule has 0 aliphatic rings. The summed E-state index contributed by atoms with van der Waals surface area (Å²) in [6.07, 6.45) is 3.37. The number of hydrogen-bond acceptors (Lipinski definition) is 4. The van der Waals surface area contributed by atoms with Gasteiger partial charge in [-0.2, -0.15) is 0 Å². The van der Waals surface area contributed by atoms with E-state index < -0.39 is 17.0 Å². The van der Waals surface area contributed by atoms with Gasteiger partial charge < -0.3 is 10.7 Å². The second-order valence-electron chi connectivity index (χ2n) is 9.08. The highest BCUT2D eigenvalue weighted by molar-refractivity contribution is 6.01. The van der Waals surface area contributed by atoms with Gasteiger partial charge in [-0.15, -0.1) is 0 Å². The van der Waals surface area contributed by atoms with Gasteiger partial charge in [-0.05, 0) is 56.0 Å². The predicted molar refractivity (Wildman–Crippen MR) is 133 cm³/mol. The van der Waals surface area contributed by atoms with Crippen LogP contribution in [-0.2, 0) is 10.3 Å². The highest BCUT2D eigenvalue weighted by Gasteiger charge is 2.40. The van der Waals surface area contributed by atoms with Gasteiger partial charge in [0.2, 0.25) is 5.91 Å². The maximum atomic E-state index is 13.9. The van der Waals surface area contributed by atoms with E-state index in [9.17, 15) is 14.4 Å². The number of ketones is 1. The molecule has 3 aromatic heterocycles. The van der Waals surface area contributed by atoms with Crippen molar-refractivity contribution in [1.82, 2.24) is 14.5 Å². The molecule has 174 valence electrons. The number of carbonyl (C=O) groups excluding carboxylic acids is 2. The molecule has 0 radical (unpaired) electrons. The Morgan fingerprint density at radius 1 is 1.12 bits per heavy atom. The molecule has 7 heteroatoms. The third-order valence-electron chi connectivity index (χ3n) is 6.48. The first-order valence-corrected chi connectivity index (χ1v) is 11.2. The second-order valence-corrected chi connectivity index (χ2v) is 9.08. The molecule has 0 bridgehead atoms. The largest absolute Gasteiger partial charge is 0.367 e. The molecule has 4 aromatic rings. The number of rotatable bonds is 6. The summed E-state index contributed by atoms with van der Waals surface area (Å²) in [4.78, 5) is 47.2. The summed E-state index contributed by atoms with van der Waals surface area (Å²) in [6.45, 7) is 8.79. The molecule has 0 aliphatic carbocycles. The fourth-order valence-electron chi connectivity index (χ4n) is 4.65. The molecule has 7 nitrogen and oxygen atoms in total. The van der Waals surface area contributed by atoms with Gasteiger partial charge in [0, 0.05) is 22.8 Å². The van der Waals surface area contributed by atoms with Crippen molar-refractivity contribution in [1.29, 1.82) is 0 Å². The van der Waals surface area contributed by atoms with Crippen LogP contribution in [-0.4, -0.2) is 26.2 Å². The molecular formula is C27H28N4O3. The van der Waals surface area contributed by atoms with Gasteiger partial charge in [-0.3, -0.25) is 23.9 Å². The second kappa shape index (κ2) is 8.41. The first-order valence-electron chi connectivity index (χ1n) is 11.2. The third-order valence-corrected chi connectivity index (χ3v) is 6.48. The van der Waals surface area contributed by atoms with Gasteiger partial charge in [0.25, 0.3) is 5.56 Å². The summed E-state index contributed by atoms with van der Waals surface area (Å²) >= 11 is 0. The van der Waals surface area contributed by atoms with Crippen LogP contribution >= 0.6 is 0 Å². The van der Waals surface area contributed by atoms with Crippen molar-refractivity contribution in [3.63, 3.8) is 0 Å². The lowest BCUT2D eigenvalue weighted by atomic mass is 9.88. The number of pyridine rings is 2. The Balaban J connectivity index is 2.06. The molecule has 3 N–H and O–H groups in total. The van der Waals surface area contributed by atoms with Crippen LogP contribution < -0.4 is 11.3 Å². The van der Waals surface area contributed by atoms with Crippen molar-refractivity contribution in [2.75, 3.05) is 0 Å². The van der Waals surface area contributed by atoms with E-state index >= 15 is 0 Å². The molecule has 34 heavy (non-hydrogen) atoms. The average molecular weight is 457 g/mol. The summed E-state index contributed by atoms with van der Waals surface area (Å²) < 4.78 is 1.30. The number of amides is 1. The fraction of sp³-hybridized carbons (Fsp3) is 0.259. The van der Waals surface area contributed by atoms with E-state index in [1.165, 1.54) is 11.5 Å². The van der Waals surface area contributed by atoms with Crippen molar-refractivity contribution in [2.24, 2.45) is 5.73 Å². The molecule has 0 aliphatic heterocycles. The molecule has 1 aromatic carbocycles. The van der Waals surface area contributed by atoms with Crippen LogP contribution in [0, 0.1) is 6.92 Å². The van der Waals surface area contributed by atoms with Gasteiger partial charge in [-0.1, -0.05) is 38.1 Å². The Kier molecular flexibility index (Phi) is 5.73. The van der Waals surface area contributed by atoms with Crippen molar-refractivity contribution in [2.45, 2.75) is 46.1 Å². The molecule has 1 unspecified atom stereocenters. The number of aromatic nitrogens is 3. The van der Waals surface area contributed by atoms with Crippen LogP contribution in [0.5, 0.6) is 0 Å². The third kappa shape index (κ3) is 3.53. The van der Waals surface area contributed by atoms with Crippen molar-refractivity contribution in [3.8, 4) is 11.1 Å². The zero-order chi connectivity index (χ0) is 24.8. The number of nitrogens with two attached hydrogens (primary N) is 1. The molecule has 0 spiro atoms. The molecule has 0 saturated heterocycles. The van der Waals surface area contributed by atoms with E-state index in [2.05, 4.69) is 23.8 Å². The van der Waals surface area contributed by atoms with Crippen LogP contribution in [0.2, 0.25) is 0 Å². The quantitative estimate of drug-likeness (QED) is 0.422. The van der Waals surface area contributed by atoms with Gasteiger partial charge in [0.15, 0.2) is 11.3 Å². The monoisotopic (exact) mass is 456 g/mol. The zero-order valence-electron chi connectivity index (χ0n) is 20.0. The van der Waals surface area contributed by atoms with E-state index in [0.717, 1.165) is 22.0 Å². The first kappa shape index (κ1) is 23.2. The van der Waals surface area contributed by atoms with E-state index in [1.807, 2.05) is 30.3 Å². The van der Waals surface area contributed by atoms with E-state index in [0.29, 0.717) is 17.0 Å². The molecule has 0 fully saturated rings. The summed E-state index contributed by atoms with van der Waals surface area (Å²) in [5, 5.41) is 0.831. The standard InChI is InChI=1S/C27H28N4O3/c1-15(2)19-8-6-7-9-20(19)21-12-16(3)31(25(33)24(21)17(4)32)27(5,26(28)34)23-13-18-10-11-29-22(18)14-30-23/h6-15,29H,1-5H3,(H2,28,34). The van der Waals surface area contributed by atoms with Gasteiger partial charge in [-0.25, -0.2) is 0 Å². The number of fused-ring (bicyclic) bond motifs is 1. The normalized spacial score (nSPS) is 13.2. The predicted octanol–water partition coefficient (Wildman–Crippen LogP) is 4.27. The maximum absolute atomic E-state index is 13.9. The molecule has 0 saturated carbocycles. The molecule has 1 amide bonds. The molecule has 1 atom stereocenters. The van der Waals surface area contributed by atoms with Crippen LogP contribution in [0.25, 0.3) is 22.0 Å². The lowest BCUT2D eigenvalue weighted by molar-refractivity contribution is -0.124. The van der Waals surface area contributed by atoms with Crippen LogP contribution in [0.15, 0.2) is 59.7 Å². The number of aromatic amines is 1. The Bertz CT molecular complexity index is 1500. The van der Waals surface area contributed by atoms with Crippen LogP contribution in [0.4, 0.5) is 0 Å². The smallest absolute Gasteiger partial charge is 0.263 e. The Morgan fingerprint density at radius 3 is 2.47 bits per heavy atom. The minimum Gasteiger partial charge on any atom is -0.367 e. The van der Waals surface area contributed by atoms with Crippen LogP contribution in [0.3, 0.4) is 0 Å². The number of nitrogens with one attached hydrogen (secondary N) is 1. The van der Waals surface area contributed by atoms with Crippen molar-refractivity contribution < 1.29 is 9.59 Å². The Morgan fingerprint density at radius 2 is 1.82 bits per heavy atom. The number of Topliss-reactive ketones (excluding diaryl/α,β-unsaturated/α-hetero) is 1. The van der Waals surface area contributed by atoms with Crippen molar-refractivity contribution in [3.05, 3.63) is 87.7 Å². The summed E-state index contributed by atoms with van der Waals surface area (Å²) in [7, 11) is 0. The molecule has 4 rings (SSSR count). The maximum Gasteiger partial charge on any atom is 0.263 e. The van der Waals surface area contributed by atoms with Gasteiger partial charge >= 0.3 is 0 Å². The summed E-state index contributed by atoms with van der Waals surface area (Å²) in [6, 6.07) is 13.1. The van der Waals surface area contributed by atoms with E-state index in [1.54, 1.807) is 38.4 Å². The van der Waals surface area contributed by atoms with E-state index in [4.69, 9.17) is 5.73 Å².